The number of fused-ring (bicyclic) bond motifs is 1. The summed E-state index contributed by atoms with van der Waals surface area (Å²) in [6, 6.07) is 3.95. The van der Waals surface area contributed by atoms with Crippen LogP contribution < -0.4 is 4.90 Å². The fourth-order valence-electron chi connectivity index (χ4n) is 2.60. The van der Waals surface area contributed by atoms with Gasteiger partial charge >= 0.3 is 5.97 Å². The van der Waals surface area contributed by atoms with Crippen molar-refractivity contribution >= 4 is 35.2 Å². The van der Waals surface area contributed by atoms with Crippen LogP contribution in [-0.2, 0) is 11.3 Å². The van der Waals surface area contributed by atoms with E-state index in [4.69, 9.17) is 5.11 Å². The molecule has 1 aliphatic heterocycles. The average molecular weight is 311 g/mol. The molecule has 2 aromatic heterocycles. The van der Waals surface area contributed by atoms with Gasteiger partial charge in [-0.05, 0) is 30.9 Å². The Morgan fingerprint density at radius 1 is 1.38 bits per heavy atom. The molecule has 0 bridgehead atoms. The Morgan fingerprint density at radius 2 is 2.10 bits per heavy atom. The highest BCUT2D eigenvalue weighted by molar-refractivity contribution is 5.85. The van der Waals surface area contributed by atoms with Crippen LogP contribution in [0.4, 0.5) is 5.82 Å². The van der Waals surface area contributed by atoms with E-state index in [0.717, 1.165) is 30.2 Å². The first kappa shape index (κ1) is 15.6. The van der Waals surface area contributed by atoms with Crippen LogP contribution in [0, 0.1) is 5.92 Å². The van der Waals surface area contributed by atoms with Crippen molar-refractivity contribution in [3.8, 4) is 0 Å². The number of halogens is 1. The topological polar surface area (TPSA) is 71.2 Å². The van der Waals surface area contributed by atoms with Crippen molar-refractivity contribution in [2.24, 2.45) is 5.92 Å². The van der Waals surface area contributed by atoms with Gasteiger partial charge in [-0.25, -0.2) is 9.67 Å². The number of carboxylic acids is 1. The highest BCUT2D eigenvalue weighted by atomic mass is 35.5. The summed E-state index contributed by atoms with van der Waals surface area (Å²) < 4.78 is 1.44. The smallest absolute Gasteiger partial charge is 0.325 e. The standard InChI is InChI=1S/C14H18N4O2.ClH/c1-10-4-6-17(7-5-10)12-3-2-11-8-15-18(9-13(19)20)14(11)16-12;/h2-3,8,10H,4-7,9H2,1H3,(H,19,20);1H. The van der Waals surface area contributed by atoms with Crippen LogP contribution in [0.2, 0.25) is 0 Å². The Morgan fingerprint density at radius 3 is 2.76 bits per heavy atom. The average Bonchev–Trinajstić information content (AvgIpc) is 2.81. The Balaban J connectivity index is 0.00000161. The lowest BCUT2D eigenvalue weighted by molar-refractivity contribution is -0.137. The van der Waals surface area contributed by atoms with Gasteiger partial charge in [0.15, 0.2) is 5.65 Å². The van der Waals surface area contributed by atoms with Gasteiger partial charge in [-0.15, -0.1) is 12.4 Å². The first-order valence-corrected chi connectivity index (χ1v) is 6.93. The second-order valence-electron chi connectivity index (χ2n) is 5.45. The van der Waals surface area contributed by atoms with E-state index in [9.17, 15) is 4.79 Å². The van der Waals surface area contributed by atoms with Crippen molar-refractivity contribution in [3.63, 3.8) is 0 Å². The SMILES string of the molecule is CC1CCN(c2ccc3cnn(CC(=O)O)c3n2)CC1.Cl. The minimum Gasteiger partial charge on any atom is -0.480 e. The van der Waals surface area contributed by atoms with E-state index in [2.05, 4.69) is 21.9 Å². The third kappa shape index (κ3) is 3.26. The molecule has 0 aromatic carbocycles. The lowest BCUT2D eigenvalue weighted by Crippen LogP contribution is -2.33. The molecule has 0 spiro atoms. The number of aromatic nitrogens is 3. The van der Waals surface area contributed by atoms with Gasteiger partial charge in [-0.1, -0.05) is 6.92 Å². The van der Waals surface area contributed by atoms with Crippen molar-refractivity contribution in [1.29, 1.82) is 0 Å². The Hall–Kier alpha value is -1.82. The Kier molecular flexibility index (Phi) is 4.67. The number of carbonyl (C=O) groups is 1. The lowest BCUT2D eigenvalue weighted by atomic mass is 9.99. The van der Waals surface area contributed by atoms with Gasteiger partial charge in [-0.3, -0.25) is 4.79 Å². The van der Waals surface area contributed by atoms with Crippen molar-refractivity contribution in [1.82, 2.24) is 14.8 Å². The molecule has 3 rings (SSSR count). The second-order valence-corrected chi connectivity index (χ2v) is 5.45. The molecule has 1 fully saturated rings. The highest BCUT2D eigenvalue weighted by Gasteiger charge is 2.18. The minimum atomic E-state index is -0.908. The summed E-state index contributed by atoms with van der Waals surface area (Å²) in [5.41, 5.74) is 0.642. The van der Waals surface area contributed by atoms with Gasteiger partial charge in [0.25, 0.3) is 0 Å². The second kappa shape index (κ2) is 6.30. The van der Waals surface area contributed by atoms with Gasteiger partial charge in [0.05, 0.1) is 6.20 Å². The summed E-state index contributed by atoms with van der Waals surface area (Å²) in [7, 11) is 0. The summed E-state index contributed by atoms with van der Waals surface area (Å²) in [5.74, 6) is 0.776. The van der Waals surface area contributed by atoms with Crippen LogP contribution in [0.3, 0.4) is 0 Å². The first-order chi connectivity index (χ1) is 9.63. The lowest BCUT2D eigenvalue weighted by Gasteiger charge is -2.31. The van der Waals surface area contributed by atoms with E-state index in [-0.39, 0.29) is 19.0 Å². The number of aliphatic carboxylic acids is 1. The van der Waals surface area contributed by atoms with Gasteiger partial charge in [0.2, 0.25) is 0 Å². The fourth-order valence-corrected chi connectivity index (χ4v) is 2.60. The van der Waals surface area contributed by atoms with Crippen molar-refractivity contribution in [2.45, 2.75) is 26.3 Å². The summed E-state index contributed by atoms with van der Waals surface area (Å²) in [4.78, 5) is 17.7. The van der Waals surface area contributed by atoms with Crippen LogP contribution in [0.1, 0.15) is 19.8 Å². The number of anilines is 1. The molecule has 0 radical (unpaired) electrons. The number of nitrogens with zero attached hydrogens (tertiary/aromatic N) is 4. The van der Waals surface area contributed by atoms with E-state index in [1.165, 1.54) is 17.5 Å². The Labute approximate surface area is 129 Å². The molecule has 0 aliphatic carbocycles. The third-order valence-electron chi connectivity index (χ3n) is 3.86. The third-order valence-corrected chi connectivity index (χ3v) is 3.86. The summed E-state index contributed by atoms with van der Waals surface area (Å²) in [6.07, 6.45) is 4.01. The summed E-state index contributed by atoms with van der Waals surface area (Å²) >= 11 is 0. The summed E-state index contributed by atoms with van der Waals surface area (Å²) in [6.45, 7) is 4.13. The predicted octanol–water partition coefficient (Wildman–Crippen LogP) is 2.17. The molecule has 21 heavy (non-hydrogen) atoms. The largest absolute Gasteiger partial charge is 0.480 e. The molecule has 0 unspecified atom stereocenters. The molecular formula is C14H19ClN4O2. The predicted molar refractivity (Wildman–Crippen MR) is 83.0 cm³/mol. The molecule has 7 heteroatoms. The molecular weight excluding hydrogens is 292 g/mol. The van der Waals surface area contributed by atoms with Gasteiger partial charge in [0, 0.05) is 18.5 Å². The number of hydrogen-bond acceptors (Lipinski definition) is 4. The maximum absolute atomic E-state index is 10.8. The van der Waals surface area contributed by atoms with Crippen LogP contribution in [0.15, 0.2) is 18.3 Å². The van der Waals surface area contributed by atoms with Gasteiger partial charge < -0.3 is 10.0 Å². The zero-order chi connectivity index (χ0) is 14.1. The van der Waals surface area contributed by atoms with Crippen LogP contribution in [-0.4, -0.2) is 38.9 Å². The quantitative estimate of drug-likeness (QED) is 0.940. The fraction of sp³-hybridized carbons (Fsp3) is 0.500. The number of hydrogen-bond donors (Lipinski definition) is 1. The first-order valence-electron chi connectivity index (χ1n) is 6.93. The monoisotopic (exact) mass is 310 g/mol. The number of piperidine rings is 1. The maximum atomic E-state index is 10.8. The normalized spacial score (nSPS) is 16.0. The number of pyridine rings is 1. The molecule has 3 heterocycles. The maximum Gasteiger partial charge on any atom is 0.325 e. The molecule has 6 nitrogen and oxygen atoms in total. The summed E-state index contributed by atoms with van der Waals surface area (Å²) in [5, 5.41) is 13.9. The molecule has 1 N–H and O–H groups in total. The highest BCUT2D eigenvalue weighted by Crippen LogP contribution is 2.23. The van der Waals surface area contributed by atoms with E-state index < -0.39 is 5.97 Å². The van der Waals surface area contributed by atoms with E-state index in [0.29, 0.717) is 5.65 Å². The van der Waals surface area contributed by atoms with E-state index in [1.54, 1.807) is 6.20 Å². The molecule has 0 saturated carbocycles. The minimum absolute atomic E-state index is 0. The molecule has 1 saturated heterocycles. The molecule has 114 valence electrons. The van der Waals surface area contributed by atoms with Crippen molar-refractivity contribution in [3.05, 3.63) is 18.3 Å². The Bertz CT molecular complexity index is 635. The van der Waals surface area contributed by atoms with Crippen molar-refractivity contribution in [2.75, 3.05) is 18.0 Å². The molecule has 0 atom stereocenters. The van der Waals surface area contributed by atoms with Crippen molar-refractivity contribution < 1.29 is 9.90 Å². The molecule has 0 amide bonds. The zero-order valence-corrected chi connectivity index (χ0v) is 12.7. The van der Waals surface area contributed by atoms with Gasteiger partial charge in [-0.2, -0.15) is 5.10 Å². The zero-order valence-electron chi connectivity index (χ0n) is 11.9. The van der Waals surface area contributed by atoms with E-state index >= 15 is 0 Å². The molecule has 1 aliphatic rings. The number of carboxylic acid groups (broad SMARTS) is 1. The van der Waals surface area contributed by atoms with Gasteiger partial charge in [0.1, 0.15) is 12.4 Å². The number of rotatable bonds is 3. The van der Waals surface area contributed by atoms with E-state index in [1.807, 2.05) is 12.1 Å². The van der Waals surface area contributed by atoms with Crippen LogP contribution >= 0.6 is 12.4 Å². The van der Waals surface area contributed by atoms with Crippen LogP contribution in [0.5, 0.6) is 0 Å². The van der Waals surface area contributed by atoms with Crippen LogP contribution in [0.25, 0.3) is 11.0 Å². The molecule has 2 aromatic rings.